The fourth-order valence-electron chi connectivity index (χ4n) is 0. The fourth-order valence-corrected chi connectivity index (χ4v) is 0. The van der Waals surface area contributed by atoms with E-state index in [1.165, 1.54) is 0 Å². The van der Waals surface area contributed by atoms with Crippen molar-refractivity contribution in [3.63, 3.8) is 0 Å². The van der Waals surface area contributed by atoms with E-state index in [9.17, 15) is 0 Å². The van der Waals surface area contributed by atoms with Crippen molar-refractivity contribution >= 4 is 110 Å². The number of hydrogen-bond acceptors (Lipinski definition) is 7. The van der Waals surface area contributed by atoms with Gasteiger partial charge >= 0.3 is 75.5 Å². The topological polar surface area (TPSA) is 184 Å². The minimum atomic E-state index is -3.11. The van der Waals surface area contributed by atoms with E-state index in [1.807, 2.05) is 0 Å². The van der Waals surface area contributed by atoms with Crippen LogP contribution in [0.3, 0.4) is 0 Å². The Labute approximate surface area is 147 Å². The van der Waals surface area contributed by atoms with Crippen LogP contribution in [0.1, 0.15) is 0 Å². The smallest absolute Gasteiger partial charge is 0.784 e. The fraction of sp³-hybridized carbons (Fsp3) is 0. The Bertz CT molecular complexity index is 116. The predicted octanol–water partition coefficient (Wildman–Crippen LogP) is -3.09. The maximum atomic E-state index is 8.67. The summed E-state index contributed by atoms with van der Waals surface area (Å²) in [5, 5.41) is 0. The molecule has 9 nitrogen and oxygen atoms in total. The molecule has 0 aromatic heterocycles. The van der Waals surface area contributed by atoms with Gasteiger partial charge in [-0.1, -0.05) is 0 Å². The molecule has 0 rings (SSSR count). The van der Waals surface area contributed by atoms with Gasteiger partial charge in [0.2, 0.25) is 0 Å². The molecule has 0 spiro atoms. The summed E-state index contributed by atoms with van der Waals surface area (Å²) in [6.07, 6.45) is 0. The Morgan fingerprint density at radius 3 is 0.714 bits per heavy atom. The summed E-state index contributed by atoms with van der Waals surface area (Å²) in [5.41, 5.74) is 0. The predicted molar refractivity (Wildman–Crippen MR) is 44.3 cm³/mol. The van der Waals surface area contributed by atoms with Gasteiger partial charge in [-0.2, -0.15) is 4.21 Å². The van der Waals surface area contributed by atoms with Gasteiger partial charge in [0.1, 0.15) is 0 Å². The summed E-state index contributed by atoms with van der Waals surface area (Å²) in [6, 6.07) is 0. The van der Waals surface area contributed by atoms with Crippen molar-refractivity contribution in [2.75, 3.05) is 0 Å². The summed E-state index contributed by atoms with van der Waals surface area (Å²) >= 11 is -8.83. The first-order chi connectivity index (χ1) is 5.20. The Morgan fingerprint density at radius 2 is 0.714 bits per heavy atom. The van der Waals surface area contributed by atoms with Crippen LogP contribution in [0, 0.1) is 0 Å². The molecule has 0 radical (unpaired) electrons. The van der Waals surface area contributed by atoms with E-state index >= 15 is 0 Å². The first kappa shape index (κ1) is 30.1. The van der Waals surface area contributed by atoms with Crippen LogP contribution in [0.5, 0.6) is 0 Å². The minimum absolute atomic E-state index is 0. The van der Waals surface area contributed by atoms with Gasteiger partial charge in [0.25, 0.3) is 11.4 Å². The summed E-state index contributed by atoms with van der Waals surface area (Å²) in [7, 11) is 0. The van der Waals surface area contributed by atoms with Crippen LogP contribution >= 0.6 is 0 Å². The van der Waals surface area contributed by atoms with Crippen LogP contribution in [0.2, 0.25) is 0 Å². The monoisotopic (exact) mass is 322 g/mol. The molecule has 2 N–H and O–H groups in total. The second kappa shape index (κ2) is 24.8. The van der Waals surface area contributed by atoms with E-state index < -0.39 is 34.1 Å². The molecular formula is H2Ca2O9S3. The standard InChI is InChI=1S/2Ca.3H2O3S/c;;3*1-4(2)3/h;;3*(H2,1,2,3)/q2*+2;;;/p-4. The molecule has 0 aliphatic carbocycles. The summed E-state index contributed by atoms with van der Waals surface area (Å²) in [4.78, 5) is 0. The van der Waals surface area contributed by atoms with Crippen LogP contribution in [0.25, 0.3) is 0 Å². The van der Waals surface area contributed by atoms with Gasteiger partial charge in [-0.25, -0.2) is 0 Å². The Hall–Kier alpha value is 2.73. The third kappa shape index (κ3) is 373. The van der Waals surface area contributed by atoms with Gasteiger partial charge in [-0.05, 0) is 0 Å². The molecule has 0 unspecified atom stereocenters. The Balaban J connectivity index is -0.0000000270. The van der Waals surface area contributed by atoms with Crippen molar-refractivity contribution in [3.8, 4) is 0 Å². The zero-order valence-electron chi connectivity index (χ0n) is 6.39. The molecule has 14 heavy (non-hydrogen) atoms. The van der Waals surface area contributed by atoms with E-state index in [4.69, 9.17) is 39.9 Å². The van der Waals surface area contributed by atoms with Gasteiger partial charge < -0.3 is 18.2 Å². The quantitative estimate of drug-likeness (QED) is 0.344. The molecule has 78 valence electrons. The van der Waals surface area contributed by atoms with Crippen LogP contribution in [-0.2, 0) is 34.1 Å². The van der Waals surface area contributed by atoms with Crippen LogP contribution in [0.4, 0.5) is 0 Å². The summed E-state index contributed by atoms with van der Waals surface area (Å²) in [5.74, 6) is 0. The van der Waals surface area contributed by atoms with E-state index in [0.29, 0.717) is 0 Å². The van der Waals surface area contributed by atoms with Crippen molar-refractivity contribution in [2.24, 2.45) is 0 Å². The second-order valence-electron chi connectivity index (χ2n) is 0.639. The van der Waals surface area contributed by atoms with Crippen LogP contribution < -0.4 is 0 Å². The molecule has 0 aromatic carbocycles. The molecule has 0 heterocycles. The number of rotatable bonds is 0. The van der Waals surface area contributed by atoms with Gasteiger partial charge in [0.05, 0.1) is 0 Å². The zero-order chi connectivity index (χ0) is 10.7. The summed E-state index contributed by atoms with van der Waals surface area (Å²) in [6.45, 7) is 0. The Kier molecular flexibility index (Phi) is 53.3. The molecule has 14 heteroatoms. The molecular weight excluding hydrogens is 320 g/mol. The van der Waals surface area contributed by atoms with E-state index in [0.717, 1.165) is 0 Å². The van der Waals surface area contributed by atoms with Crippen LogP contribution in [0.15, 0.2) is 0 Å². The molecule has 0 amide bonds. The van der Waals surface area contributed by atoms with Crippen molar-refractivity contribution < 1.29 is 39.9 Å². The van der Waals surface area contributed by atoms with Crippen molar-refractivity contribution in [1.82, 2.24) is 0 Å². The van der Waals surface area contributed by atoms with Gasteiger partial charge in [0, 0.05) is 0 Å². The summed E-state index contributed by atoms with van der Waals surface area (Å²) < 4.78 is 73.5. The van der Waals surface area contributed by atoms with Gasteiger partial charge in [-0.15, -0.1) is 22.7 Å². The maximum Gasteiger partial charge on any atom is 2.00 e. The third-order valence-electron chi connectivity index (χ3n) is 0. The SMILES string of the molecule is O=S(O)O.O=S([O-])[O-].O=S([O-])[O-].[Ca+2].[Ca+2]. The van der Waals surface area contributed by atoms with Crippen molar-refractivity contribution in [2.45, 2.75) is 0 Å². The van der Waals surface area contributed by atoms with E-state index in [2.05, 4.69) is 0 Å². The van der Waals surface area contributed by atoms with E-state index in [-0.39, 0.29) is 75.5 Å². The minimum Gasteiger partial charge on any atom is -0.784 e. The van der Waals surface area contributed by atoms with E-state index in [1.54, 1.807) is 0 Å². The molecule has 0 aliphatic heterocycles. The average Bonchev–Trinajstić information content (AvgIpc) is 1.54. The average molecular weight is 322 g/mol. The molecule has 0 atom stereocenters. The van der Waals surface area contributed by atoms with Crippen molar-refractivity contribution in [3.05, 3.63) is 0 Å². The van der Waals surface area contributed by atoms with Gasteiger partial charge in [0.15, 0.2) is 0 Å². The van der Waals surface area contributed by atoms with Gasteiger partial charge in [-0.3, -0.25) is 17.5 Å². The van der Waals surface area contributed by atoms with Crippen molar-refractivity contribution in [1.29, 1.82) is 0 Å². The third-order valence-corrected chi connectivity index (χ3v) is 0. The first-order valence-electron chi connectivity index (χ1n) is 1.53. The molecule has 0 saturated heterocycles. The molecule has 0 bridgehead atoms. The Morgan fingerprint density at radius 1 is 0.714 bits per heavy atom. The first-order valence-corrected chi connectivity index (χ1v) is 4.60. The largest absolute Gasteiger partial charge is 2.00 e. The normalized spacial score (nSPS) is 7.50. The molecule has 0 fully saturated rings. The molecule has 0 saturated carbocycles. The number of hydrogen-bond donors (Lipinski definition) is 2. The van der Waals surface area contributed by atoms with Crippen LogP contribution in [-0.4, -0.2) is 115 Å². The molecule has 0 aliphatic rings. The second-order valence-corrected chi connectivity index (χ2v) is 1.92. The maximum absolute atomic E-state index is 8.67. The molecule has 0 aromatic rings. The zero-order valence-corrected chi connectivity index (χ0v) is 13.3.